The highest BCUT2D eigenvalue weighted by Gasteiger charge is 2.22. The summed E-state index contributed by atoms with van der Waals surface area (Å²) in [6.45, 7) is 1.94. The topological polar surface area (TPSA) is 75.0 Å². The molecule has 3 aromatic rings. The molecule has 27 heavy (non-hydrogen) atoms. The molecular weight excluding hydrogens is 383 g/mol. The molecule has 1 aliphatic heterocycles. The molecule has 5 nitrogen and oxygen atoms in total. The average Bonchev–Trinajstić information content (AvgIpc) is 2.65. The molecule has 0 saturated heterocycles. The Hall–Kier alpha value is -2.34. The fourth-order valence-electron chi connectivity index (χ4n) is 3.31. The summed E-state index contributed by atoms with van der Waals surface area (Å²) in [4.78, 5) is 22.3. The van der Waals surface area contributed by atoms with E-state index in [0.29, 0.717) is 41.1 Å². The number of halogens is 2. The number of nitrogen functional groups attached to an aromatic ring is 1. The van der Waals surface area contributed by atoms with Crippen molar-refractivity contribution >= 4 is 28.9 Å². The van der Waals surface area contributed by atoms with E-state index in [4.69, 9.17) is 33.9 Å². The number of aromatic nitrogens is 2. The Morgan fingerprint density at radius 1 is 1.11 bits per heavy atom. The van der Waals surface area contributed by atoms with Gasteiger partial charge in [-0.15, -0.1) is 0 Å². The van der Waals surface area contributed by atoms with Gasteiger partial charge < -0.3 is 10.7 Å². The summed E-state index contributed by atoms with van der Waals surface area (Å²) in [5, 5.41) is 1.30. The van der Waals surface area contributed by atoms with Crippen LogP contribution in [0.3, 0.4) is 0 Å². The van der Waals surface area contributed by atoms with Gasteiger partial charge in [-0.05, 0) is 42.8 Å². The van der Waals surface area contributed by atoms with Crippen LogP contribution in [0.25, 0.3) is 11.4 Å². The van der Waals surface area contributed by atoms with E-state index in [-0.39, 0.29) is 5.56 Å². The smallest absolute Gasteiger partial charge is 0.254 e. The van der Waals surface area contributed by atoms with Gasteiger partial charge in [-0.25, -0.2) is 4.98 Å². The number of hydrogen-bond donors (Lipinski definition) is 2. The van der Waals surface area contributed by atoms with Gasteiger partial charge in [-0.1, -0.05) is 29.3 Å². The van der Waals surface area contributed by atoms with Crippen LogP contribution in [0.5, 0.6) is 0 Å². The van der Waals surface area contributed by atoms with Gasteiger partial charge >= 0.3 is 0 Å². The van der Waals surface area contributed by atoms with E-state index in [0.717, 1.165) is 28.9 Å². The van der Waals surface area contributed by atoms with Crippen LogP contribution in [-0.4, -0.2) is 21.4 Å². The van der Waals surface area contributed by atoms with Crippen molar-refractivity contribution in [3.8, 4) is 11.4 Å². The monoisotopic (exact) mass is 400 g/mol. The number of nitrogens with zero attached hydrogens (tertiary/aromatic N) is 2. The van der Waals surface area contributed by atoms with Crippen molar-refractivity contribution in [2.45, 2.75) is 19.5 Å². The highest BCUT2D eigenvalue weighted by molar-refractivity contribution is 6.35. The average molecular weight is 401 g/mol. The van der Waals surface area contributed by atoms with E-state index >= 15 is 0 Å². The van der Waals surface area contributed by atoms with Crippen LogP contribution in [0.4, 0.5) is 5.69 Å². The molecule has 0 unspecified atom stereocenters. The number of aromatic amines is 1. The first-order chi connectivity index (χ1) is 13.0. The van der Waals surface area contributed by atoms with Crippen molar-refractivity contribution in [2.24, 2.45) is 0 Å². The maximum Gasteiger partial charge on any atom is 0.254 e. The molecular formula is C20H18Cl2N4O. The Labute approximate surface area is 166 Å². The van der Waals surface area contributed by atoms with Crippen molar-refractivity contribution in [3.05, 3.63) is 79.7 Å². The Morgan fingerprint density at radius 3 is 2.52 bits per heavy atom. The molecule has 0 atom stereocenters. The van der Waals surface area contributed by atoms with Crippen LogP contribution >= 0.6 is 23.2 Å². The van der Waals surface area contributed by atoms with Gasteiger partial charge in [0.2, 0.25) is 0 Å². The van der Waals surface area contributed by atoms with E-state index in [1.807, 2.05) is 30.3 Å². The molecule has 2 heterocycles. The summed E-state index contributed by atoms with van der Waals surface area (Å²) >= 11 is 12.6. The summed E-state index contributed by atoms with van der Waals surface area (Å²) in [5.41, 5.74) is 9.59. The van der Waals surface area contributed by atoms with Crippen LogP contribution < -0.4 is 11.3 Å². The number of H-pyrrole nitrogens is 1. The highest BCUT2D eigenvalue weighted by Crippen LogP contribution is 2.27. The second kappa shape index (κ2) is 7.35. The number of benzene rings is 2. The molecule has 0 aliphatic carbocycles. The van der Waals surface area contributed by atoms with Crippen molar-refractivity contribution in [3.63, 3.8) is 0 Å². The summed E-state index contributed by atoms with van der Waals surface area (Å²) < 4.78 is 0. The zero-order chi connectivity index (χ0) is 19.0. The molecule has 3 N–H and O–H groups in total. The number of fused-ring (bicyclic) bond motifs is 1. The minimum Gasteiger partial charge on any atom is -0.399 e. The van der Waals surface area contributed by atoms with E-state index in [1.165, 1.54) is 0 Å². The van der Waals surface area contributed by atoms with Gasteiger partial charge in [0, 0.05) is 52.1 Å². The Balaban J connectivity index is 1.63. The first-order valence-electron chi connectivity index (χ1n) is 8.64. The first kappa shape index (κ1) is 18.0. The quantitative estimate of drug-likeness (QED) is 0.654. The lowest BCUT2D eigenvalue weighted by Crippen LogP contribution is -2.35. The summed E-state index contributed by atoms with van der Waals surface area (Å²) in [6, 6.07) is 12.8. The number of nitrogens with one attached hydrogen (secondary N) is 1. The second-order valence-electron chi connectivity index (χ2n) is 6.62. The van der Waals surface area contributed by atoms with Crippen LogP contribution in [-0.2, 0) is 19.5 Å². The van der Waals surface area contributed by atoms with Crippen LogP contribution in [0, 0.1) is 0 Å². The lowest BCUT2D eigenvalue weighted by Gasteiger charge is -2.28. The van der Waals surface area contributed by atoms with Gasteiger partial charge in [-0.2, -0.15) is 0 Å². The second-order valence-corrected chi connectivity index (χ2v) is 7.44. The molecule has 2 aromatic carbocycles. The standard InChI is InChI=1S/C20H18Cl2N4O/c21-16-2-1-3-17(22)15(16)10-26-9-8-14-18(11-26)24-19(25-20(14)27)12-4-6-13(23)7-5-12/h1-7H,8-11,23H2,(H,24,25,27). The molecule has 0 spiro atoms. The van der Waals surface area contributed by atoms with Crippen molar-refractivity contribution < 1.29 is 0 Å². The number of nitrogens with two attached hydrogens (primary N) is 1. The summed E-state index contributed by atoms with van der Waals surface area (Å²) in [5.74, 6) is 0.552. The van der Waals surface area contributed by atoms with Crippen molar-refractivity contribution in [1.29, 1.82) is 0 Å². The molecule has 4 rings (SSSR count). The molecule has 138 valence electrons. The van der Waals surface area contributed by atoms with E-state index in [1.54, 1.807) is 12.1 Å². The van der Waals surface area contributed by atoms with Gasteiger partial charge in [0.15, 0.2) is 0 Å². The first-order valence-corrected chi connectivity index (χ1v) is 9.40. The summed E-state index contributed by atoms with van der Waals surface area (Å²) in [7, 11) is 0. The zero-order valence-corrected chi connectivity index (χ0v) is 16.0. The lowest BCUT2D eigenvalue weighted by atomic mass is 10.0. The van der Waals surface area contributed by atoms with Crippen LogP contribution in [0.15, 0.2) is 47.3 Å². The van der Waals surface area contributed by atoms with Crippen molar-refractivity contribution in [1.82, 2.24) is 14.9 Å². The normalized spacial score (nSPS) is 14.1. The molecule has 0 fully saturated rings. The largest absolute Gasteiger partial charge is 0.399 e. The van der Waals surface area contributed by atoms with Gasteiger partial charge in [0.25, 0.3) is 5.56 Å². The maximum atomic E-state index is 12.5. The third kappa shape index (κ3) is 3.72. The fraction of sp³-hybridized carbons (Fsp3) is 0.200. The van der Waals surface area contributed by atoms with Gasteiger partial charge in [-0.3, -0.25) is 9.69 Å². The van der Waals surface area contributed by atoms with Gasteiger partial charge in [0.05, 0.1) is 5.69 Å². The lowest BCUT2D eigenvalue weighted by molar-refractivity contribution is 0.240. The van der Waals surface area contributed by atoms with Gasteiger partial charge in [0.1, 0.15) is 5.82 Å². The molecule has 7 heteroatoms. The van der Waals surface area contributed by atoms with E-state index < -0.39 is 0 Å². The predicted molar refractivity (Wildman–Crippen MR) is 109 cm³/mol. The van der Waals surface area contributed by atoms with E-state index in [9.17, 15) is 4.79 Å². The number of anilines is 1. The minimum absolute atomic E-state index is 0.0812. The SMILES string of the molecule is Nc1ccc(-c2nc3c(c(=O)[nH]2)CCN(Cc2c(Cl)cccc2Cl)C3)cc1. The maximum absolute atomic E-state index is 12.5. The summed E-state index contributed by atoms with van der Waals surface area (Å²) in [6.07, 6.45) is 0.641. The zero-order valence-electron chi connectivity index (χ0n) is 14.5. The fourth-order valence-corrected chi connectivity index (χ4v) is 3.83. The molecule has 1 aromatic heterocycles. The Bertz CT molecular complexity index is 1030. The number of rotatable bonds is 3. The molecule has 0 saturated carbocycles. The Morgan fingerprint density at radius 2 is 1.81 bits per heavy atom. The van der Waals surface area contributed by atoms with E-state index in [2.05, 4.69) is 9.88 Å². The van der Waals surface area contributed by atoms with Crippen molar-refractivity contribution in [2.75, 3.05) is 12.3 Å². The third-order valence-electron chi connectivity index (χ3n) is 4.78. The molecule has 0 bridgehead atoms. The highest BCUT2D eigenvalue weighted by atomic mass is 35.5. The third-order valence-corrected chi connectivity index (χ3v) is 5.49. The molecule has 0 amide bonds. The molecule has 0 radical (unpaired) electrons. The Kier molecular flexibility index (Phi) is 4.91. The minimum atomic E-state index is -0.0812. The number of hydrogen-bond acceptors (Lipinski definition) is 4. The van der Waals surface area contributed by atoms with Crippen LogP contribution in [0.1, 0.15) is 16.8 Å². The predicted octanol–water partition coefficient (Wildman–Crippen LogP) is 3.88. The molecule has 1 aliphatic rings. The van der Waals surface area contributed by atoms with Crippen LogP contribution in [0.2, 0.25) is 10.0 Å².